The predicted molar refractivity (Wildman–Crippen MR) is 418 cm³/mol. The number of hydrogen-bond acceptors (Lipinski definition) is 17. The van der Waals surface area contributed by atoms with Gasteiger partial charge in [0.15, 0.2) is 5.96 Å². The van der Waals surface area contributed by atoms with Gasteiger partial charge in [0.05, 0.1) is 6.04 Å². The molecule has 11 atom stereocenters. The molecule has 4 heterocycles. The Labute approximate surface area is 650 Å². The maximum Gasteiger partial charge on any atom is 0.300 e. The molecule has 112 heavy (non-hydrogen) atoms. The highest BCUT2D eigenvalue weighted by molar-refractivity contribution is 6.00. The summed E-state index contributed by atoms with van der Waals surface area (Å²) in [6, 6.07) is 8.67. The van der Waals surface area contributed by atoms with Crippen LogP contribution in [0.3, 0.4) is 0 Å². The van der Waals surface area contributed by atoms with Gasteiger partial charge in [0.1, 0.15) is 60.4 Å². The van der Waals surface area contributed by atoms with Crippen molar-refractivity contribution in [1.82, 2.24) is 62.3 Å². The average Bonchev–Trinajstić information content (AvgIpc) is 1.64. The molecule has 0 unspecified atom stereocenters. The van der Waals surface area contributed by atoms with Gasteiger partial charge in [0.25, 0.3) is 5.97 Å². The van der Waals surface area contributed by atoms with Crippen LogP contribution in [0.4, 0.5) is 0 Å². The molecule has 2 saturated heterocycles. The molecule has 0 bridgehead atoms. The predicted octanol–water partition coefficient (Wildman–Crippen LogP) is -0.753. The molecule has 13 amide bonds. The number of rotatable bonds is 43. The number of carbonyl (C=O) groups excluding carboxylic acids is 13. The van der Waals surface area contributed by atoms with E-state index in [0.717, 1.165) is 17.8 Å². The van der Waals surface area contributed by atoms with Crippen LogP contribution >= 0.6 is 0 Å². The van der Waals surface area contributed by atoms with Gasteiger partial charge in [-0.25, -0.2) is 0 Å². The van der Waals surface area contributed by atoms with E-state index >= 15 is 14.4 Å². The van der Waals surface area contributed by atoms with Crippen LogP contribution in [0, 0.1) is 11.8 Å². The monoisotopic (exact) mass is 1560 g/mol. The van der Waals surface area contributed by atoms with Crippen molar-refractivity contribution in [2.75, 3.05) is 26.2 Å². The van der Waals surface area contributed by atoms with Gasteiger partial charge in [-0.15, -0.1) is 0 Å². The number of carboxylic acids is 1. The number of nitrogens with one attached hydrogen (secondary N) is 10. The summed E-state index contributed by atoms with van der Waals surface area (Å²) < 4.78 is 0. The fraction of sp³-hybridized carbons (Fsp3) is 0.519. The van der Waals surface area contributed by atoms with E-state index in [0.29, 0.717) is 66.1 Å². The lowest BCUT2D eigenvalue weighted by molar-refractivity contribution is -0.144. The minimum atomic E-state index is -1.69. The number of carbonyl (C=O) groups is 14. The fourth-order valence-corrected chi connectivity index (χ4v) is 13.6. The maximum absolute atomic E-state index is 15.4. The summed E-state index contributed by atoms with van der Waals surface area (Å²) in [5.74, 6) is -11.4. The second kappa shape index (κ2) is 44.4. The van der Waals surface area contributed by atoms with Crippen LogP contribution in [0.1, 0.15) is 148 Å². The summed E-state index contributed by atoms with van der Waals surface area (Å²) in [7, 11) is 0. The third-order valence-corrected chi connectivity index (χ3v) is 19.2. The maximum atomic E-state index is 15.4. The van der Waals surface area contributed by atoms with E-state index in [-0.39, 0.29) is 95.3 Å². The van der Waals surface area contributed by atoms with Crippen molar-refractivity contribution in [3.05, 3.63) is 108 Å². The molecule has 2 aliphatic heterocycles. The third kappa shape index (κ3) is 28.1. The lowest BCUT2D eigenvalue weighted by atomic mass is 9.98. The SMILES string of the molecule is CC(=O)O.CC(C)C[C@H](NC(=O)[C@@H](Cc1c[nH]c2ccccc12)NC(=O)[C@H](Cc1ccccc1)NC(=O)[C@@H](Cc1c[nH]c2ccccc12)NC(=O)[C@H](CCC(N)=O)NC(=O)[C@H](CCC(N)=O)NC(=O)[C@@H]1CCCN1C(=O)[C@H](CCCCN)NC(=O)[C@@H]1CCCN1C(=O)[C@H](N)CCCN=C(N)N)C(=O)N[C@H](CC(C)C)C(N)=O. The Morgan fingerprint density at radius 2 is 0.884 bits per heavy atom. The van der Waals surface area contributed by atoms with Crippen LogP contribution in [-0.4, -0.2) is 206 Å². The van der Waals surface area contributed by atoms with E-state index in [1.807, 2.05) is 45.9 Å². The Kier molecular flexibility index (Phi) is 35.4. The Morgan fingerprint density at radius 1 is 0.482 bits per heavy atom. The third-order valence-electron chi connectivity index (χ3n) is 19.2. The van der Waals surface area contributed by atoms with Gasteiger partial charge in [0, 0.05) is 92.9 Å². The van der Waals surface area contributed by atoms with Gasteiger partial charge in [0.2, 0.25) is 76.8 Å². The first-order valence-electron chi connectivity index (χ1n) is 38.0. The molecule has 2 aliphatic rings. The number of carboxylic acid groups (broad SMARTS) is 1. The first-order chi connectivity index (χ1) is 53.2. The van der Waals surface area contributed by atoms with E-state index in [4.69, 9.17) is 50.0 Å². The Balaban J connectivity index is 0.00000477. The number of H-pyrrole nitrogens is 2. The highest BCUT2D eigenvalue weighted by Gasteiger charge is 2.43. The molecule has 2 fully saturated rings. The zero-order chi connectivity index (χ0) is 82.3. The number of hydrogen-bond donors (Lipinski definition) is 18. The molecule has 5 aromatic rings. The fourth-order valence-electron chi connectivity index (χ4n) is 13.6. The van der Waals surface area contributed by atoms with Crippen molar-refractivity contribution >= 4 is 111 Å². The molecule has 0 spiro atoms. The van der Waals surface area contributed by atoms with E-state index in [2.05, 4.69) is 57.5 Å². The number of fused-ring (bicyclic) bond motifs is 2. The number of aliphatic carboxylic acids is 1. The number of nitrogens with zero attached hydrogens (tertiary/aromatic N) is 3. The number of amides is 13. The quantitative estimate of drug-likeness (QED) is 0.0130. The van der Waals surface area contributed by atoms with Crippen molar-refractivity contribution < 1.29 is 72.2 Å². The molecule has 35 heteroatoms. The van der Waals surface area contributed by atoms with Crippen LogP contribution in [0.5, 0.6) is 0 Å². The Bertz CT molecular complexity index is 4100. The molecule has 0 saturated carbocycles. The second-order valence-electron chi connectivity index (χ2n) is 29.2. The van der Waals surface area contributed by atoms with Crippen LogP contribution < -0.4 is 82.7 Å². The number of benzene rings is 3. The minimum Gasteiger partial charge on any atom is -0.481 e. The minimum absolute atomic E-state index is 0.0342. The van der Waals surface area contributed by atoms with Crippen molar-refractivity contribution in [1.29, 1.82) is 0 Å². The van der Waals surface area contributed by atoms with Crippen molar-refractivity contribution in [2.45, 2.75) is 217 Å². The van der Waals surface area contributed by atoms with E-state index in [1.54, 1.807) is 73.1 Å². The normalized spacial score (nSPS) is 16.3. The van der Waals surface area contributed by atoms with Crippen LogP contribution in [0.15, 0.2) is 96.2 Å². The van der Waals surface area contributed by atoms with Crippen molar-refractivity contribution in [3.8, 4) is 0 Å². The first kappa shape index (κ1) is 89.4. The summed E-state index contributed by atoms with van der Waals surface area (Å²) in [6.45, 7) is 9.33. The molecule has 3 aromatic carbocycles. The largest absolute Gasteiger partial charge is 0.481 e. The average molecular weight is 1560 g/mol. The summed E-state index contributed by atoms with van der Waals surface area (Å²) in [4.78, 5) is 206. The topological polar surface area (TPSA) is 588 Å². The zero-order valence-electron chi connectivity index (χ0n) is 64.3. The Hall–Kier alpha value is -11.5. The second-order valence-corrected chi connectivity index (χ2v) is 29.2. The van der Waals surface area contributed by atoms with Crippen molar-refractivity contribution in [2.24, 2.45) is 57.0 Å². The molecule has 610 valence electrons. The number of aromatic amines is 2. The number of aromatic nitrogens is 2. The summed E-state index contributed by atoms with van der Waals surface area (Å²) in [5.41, 5.74) is 43.1. The standard InChI is InChI=1S/C75H108N20O13.C2H4O2/c1-42(2)35-55(64(80)98)89-67(101)56(36-43(3)4)90-69(103)59(39-46-41-85-51-23-11-9-20-48(46)51)93-68(102)57(37-44-17-6-5-7-18-44)91-70(104)58(38-45-40-84-50-22-10-8-19-47(45)50)92-66(100)52(27-29-62(78)96)86-65(99)53(28-30-63(79)97)87-71(105)61-26-16-34-95(61)74(108)54(24-12-13-31-76)88-72(106)60-25-15-33-94(60)73(107)49(77)21-14-32-83-75(81)82;1-2(3)4/h5-11,17-20,22-23,40-43,49,52-61,84-85H,12-16,21,24-39,76-77H2,1-4H3,(H2,78,96)(H2,79,97)(H2,80,98)(H,86,99)(H,87,105)(H,88,106)(H,89,101)(H,90,103)(H,91,104)(H,92,100)(H,93,102)(H4,81,82,83);1H3,(H,3,4)/t49-,52+,53+,54+,55-,56+,57+,58-,59-,60+,61+;/m1./s1. The highest BCUT2D eigenvalue weighted by Crippen LogP contribution is 2.26. The zero-order valence-corrected chi connectivity index (χ0v) is 64.3. The first-order valence-corrected chi connectivity index (χ1v) is 38.0. The summed E-state index contributed by atoms with van der Waals surface area (Å²) in [6.07, 6.45) is 4.13. The van der Waals surface area contributed by atoms with Crippen LogP contribution in [0.25, 0.3) is 21.8 Å². The molecule has 7 rings (SSSR count). The number of unbranched alkanes of at least 4 members (excludes halogenated alkanes) is 1. The van der Waals surface area contributed by atoms with Gasteiger partial charge in [-0.3, -0.25) is 72.1 Å². The van der Waals surface area contributed by atoms with Crippen LogP contribution in [0.2, 0.25) is 0 Å². The number of guanidine groups is 1. The van der Waals surface area contributed by atoms with Crippen molar-refractivity contribution in [3.63, 3.8) is 0 Å². The molecule has 0 radical (unpaired) electrons. The summed E-state index contributed by atoms with van der Waals surface area (Å²) in [5, 5.41) is 30.9. The van der Waals surface area contributed by atoms with Crippen LogP contribution in [-0.2, 0) is 86.4 Å². The van der Waals surface area contributed by atoms with Gasteiger partial charge in [-0.1, -0.05) is 94.4 Å². The molecular weight excluding hydrogens is 1440 g/mol. The summed E-state index contributed by atoms with van der Waals surface area (Å²) >= 11 is 0. The number of primary amides is 3. The van der Waals surface area contributed by atoms with E-state index < -0.39 is 175 Å². The molecule has 25 N–H and O–H groups in total. The lowest BCUT2D eigenvalue weighted by Gasteiger charge is -2.32. The molecule has 2 aromatic heterocycles. The molecule has 0 aliphatic carbocycles. The van der Waals surface area contributed by atoms with Gasteiger partial charge >= 0.3 is 0 Å². The number of likely N-dealkylation sites (tertiary alicyclic amines) is 2. The van der Waals surface area contributed by atoms with E-state index in [1.165, 1.54) is 9.80 Å². The number of aliphatic imine (C=N–C) groups is 1. The van der Waals surface area contributed by atoms with E-state index in [9.17, 15) is 47.9 Å². The number of para-hydroxylation sites is 2. The lowest BCUT2D eigenvalue weighted by Crippen LogP contribution is -2.61. The van der Waals surface area contributed by atoms with Gasteiger partial charge in [-0.2, -0.15) is 0 Å². The Morgan fingerprint density at radius 3 is 1.35 bits per heavy atom. The van der Waals surface area contributed by atoms with Gasteiger partial charge < -0.3 is 108 Å². The molecule has 35 nitrogen and oxygen atoms in total. The smallest absolute Gasteiger partial charge is 0.300 e. The molecular formula is C77H112N20O15. The number of nitrogens with two attached hydrogens (primary N) is 7. The van der Waals surface area contributed by atoms with Gasteiger partial charge in [-0.05, 0) is 131 Å². The highest BCUT2D eigenvalue weighted by atomic mass is 16.4.